The lowest BCUT2D eigenvalue weighted by atomic mass is 10.0. The van der Waals surface area contributed by atoms with E-state index >= 15 is 0 Å². The quantitative estimate of drug-likeness (QED) is 0.740. The maximum atomic E-state index is 14.4. The van der Waals surface area contributed by atoms with Crippen molar-refractivity contribution in [3.63, 3.8) is 0 Å². The summed E-state index contributed by atoms with van der Waals surface area (Å²) in [5.41, 5.74) is 1.01. The number of hydrogen-bond donors (Lipinski definition) is 1. The summed E-state index contributed by atoms with van der Waals surface area (Å²) in [6.07, 6.45) is 0.712. The second-order valence-electron chi connectivity index (χ2n) is 7.01. The van der Waals surface area contributed by atoms with Gasteiger partial charge in [-0.3, -0.25) is 4.79 Å². The topological polar surface area (TPSA) is 75.7 Å². The number of fused-ring (bicyclic) bond motifs is 1. The van der Waals surface area contributed by atoms with Crippen molar-refractivity contribution < 1.29 is 22.3 Å². The molecule has 10 heteroatoms. The zero-order valence-electron chi connectivity index (χ0n) is 15.9. The standard InChI is InChI=1S/C20H20ClFN2O4S2/c21-14-2-4-18-15(12-14)17(5-10-29-18)23-20(25)13-1-3-16(22)19(11-13)30(26,27)24-6-8-28-9-7-24/h1-4,11-12,17H,5-10H2,(H,23,25)/t17-/m0/s1. The molecule has 0 unspecified atom stereocenters. The smallest absolute Gasteiger partial charge is 0.251 e. The van der Waals surface area contributed by atoms with Gasteiger partial charge in [-0.15, -0.1) is 11.8 Å². The van der Waals surface area contributed by atoms with E-state index in [-0.39, 0.29) is 37.9 Å². The highest BCUT2D eigenvalue weighted by Crippen LogP contribution is 2.37. The van der Waals surface area contributed by atoms with Gasteiger partial charge in [0.1, 0.15) is 10.7 Å². The first kappa shape index (κ1) is 21.6. The molecule has 1 fully saturated rings. The van der Waals surface area contributed by atoms with Crippen molar-refractivity contribution in [1.29, 1.82) is 0 Å². The molecular weight excluding hydrogens is 451 g/mol. The number of halogens is 2. The van der Waals surface area contributed by atoms with Crippen LogP contribution in [-0.2, 0) is 14.8 Å². The molecule has 0 spiro atoms. The number of ether oxygens (including phenoxy) is 1. The maximum absolute atomic E-state index is 14.4. The van der Waals surface area contributed by atoms with Crippen LogP contribution in [0.2, 0.25) is 5.02 Å². The highest BCUT2D eigenvalue weighted by Gasteiger charge is 2.30. The van der Waals surface area contributed by atoms with Gasteiger partial charge in [0.25, 0.3) is 5.91 Å². The Hall–Kier alpha value is -1.65. The van der Waals surface area contributed by atoms with Gasteiger partial charge in [0.05, 0.1) is 19.3 Å². The SMILES string of the molecule is O=C(N[C@H]1CCSc2ccc(Cl)cc21)c1ccc(F)c(S(=O)(=O)N2CCOCC2)c1. The van der Waals surface area contributed by atoms with Gasteiger partial charge >= 0.3 is 0 Å². The summed E-state index contributed by atoms with van der Waals surface area (Å²) < 4.78 is 46.5. The second kappa shape index (κ2) is 8.84. The predicted molar refractivity (Wildman–Crippen MR) is 113 cm³/mol. The average molecular weight is 471 g/mol. The lowest BCUT2D eigenvalue weighted by Crippen LogP contribution is -2.41. The molecule has 0 bridgehead atoms. The number of nitrogens with zero attached hydrogens (tertiary/aromatic N) is 1. The minimum atomic E-state index is -4.06. The Bertz CT molecular complexity index is 1070. The fraction of sp³-hybridized carbons (Fsp3) is 0.350. The fourth-order valence-electron chi connectivity index (χ4n) is 3.53. The van der Waals surface area contributed by atoms with Gasteiger partial charge in [-0.2, -0.15) is 4.31 Å². The molecule has 0 aromatic heterocycles. The third-order valence-electron chi connectivity index (χ3n) is 5.10. The van der Waals surface area contributed by atoms with Gasteiger partial charge < -0.3 is 10.1 Å². The highest BCUT2D eigenvalue weighted by molar-refractivity contribution is 7.99. The van der Waals surface area contributed by atoms with Gasteiger partial charge in [-0.1, -0.05) is 11.6 Å². The predicted octanol–water partition coefficient (Wildman–Crippen LogP) is 3.47. The minimum absolute atomic E-state index is 0.0880. The maximum Gasteiger partial charge on any atom is 0.251 e. The Kier molecular flexibility index (Phi) is 6.36. The minimum Gasteiger partial charge on any atom is -0.379 e. The Labute approximate surface area is 183 Å². The third-order valence-corrected chi connectivity index (χ3v) is 8.37. The van der Waals surface area contributed by atoms with E-state index in [0.29, 0.717) is 11.4 Å². The highest BCUT2D eigenvalue weighted by atomic mass is 35.5. The Morgan fingerprint density at radius 1 is 1.20 bits per heavy atom. The molecule has 2 aliphatic rings. The molecule has 1 saturated heterocycles. The van der Waals surface area contributed by atoms with Crippen LogP contribution in [-0.4, -0.2) is 50.7 Å². The van der Waals surface area contributed by atoms with Crippen molar-refractivity contribution in [3.05, 3.63) is 58.4 Å². The van der Waals surface area contributed by atoms with Gasteiger partial charge in [-0.25, -0.2) is 12.8 Å². The first-order valence-electron chi connectivity index (χ1n) is 9.47. The largest absolute Gasteiger partial charge is 0.379 e. The first-order valence-corrected chi connectivity index (χ1v) is 12.3. The van der Waals surface area contributed by atoms with Crippen molar-refractivity contribution >= 4 is 39.3 Å². The number of amides is 1. The van der Waals surface area contributed by atoms with Crippen LogP contribution in [0.3, 0.4) is 0 Å². The number of morpholine rings is 1. The Morgan fingerprint density at radius 2 is 1.97 bits per heavy atom. The van der Waals surface area contributed by atoms with Crippen LogP contribution >= 0.6 is 23.4 Å². The summed E-state index contributed by atoms with van der Waals surface area (Å²) in [4.78, 5) is 13.4. The van der Waals surface area contributed by atoms with E-state index in [1.54, 1.807) is 17.8 Å². The van der Waals surface area contributed by atoms with Crippen LogP contribution in [0, 0.1) is 5.82 Å². The molecule has 160 valence electrons. The fourth-order valence-corrected chi connectivity index (χ4v) is 6.31. The van der Waals surface area contributed by atoms with Crippen molar-refractivity contribution in [3.8, 4) is 0 Å². The van der Waals surface area contributed by atoms with E-state index < -0.39 is 26.6 Å². The zero-order valence-corrected chi connectivity index (χ0v) is 18.3. The molecule has 2 aromatic carbocycles. The van der Waals surface area contributed by atoms with Crippen molar-refractivity contribution in [2.45, 2.75) is 22.3 Å². The van der Waals surface area contributed by atoms with Gasteiger partial charge in [0.15, 0.2) is 0 Å². The number of rotatable bonds is 4. The molecule has 30 heavy (non-hydrogen) atoms. The van der Waals surface area contributed by atoms with Crippen molar-refractivity contribution in [1.82, 2.24) is 9.62 Å². The van der Waals surface area contributed by atoms with E-state index in [9.17, 15) is 17.6 Å². The van der Waals surface area contributed by atoms with Crippen LogP contribution < -0.4 is 5.32 Å². The normalized spacial score (nSPS) is 19.9. The Morgan fingerprint density at radius 3 is 2.73 bits per heavy atom. The zero-order chi connectivity index (χ0) is 21.3. The average Bonchev–Trinajstić information content (AvgIpc) is 2.75. The molecule has 0 aliphatic carbocycles. The van der Waals surface area contributed by atoms with Crippen LogP contribution in [0.15, 0.2) is 46.2 Å². The molecule has 1 atom stereocenters. The van der Waals surface area contributed by atoms with Gasteiger partial charge in [0.2, 0.25) is 10.0 Å². The number of thioether (sulfide) groups is 1. The monoisotopic (exact) mass is 470 g/mol. The summed E-state index contributed by atoms with van der Waals surface area (Å²) in [5, 5.41) is 3.51. The van der Waals surface area contributed by atoms with Crippen molar-refractivity contribution in [2.75, 3.05) is 32.1 Å². The summed E-state index contributed by atoms with van der Waals surface area (Å²) >= 11 is 7.81. The molecule has 0 radical (unpaired) electrons. The molecule has 2 aromatic rings. The number of benzene rings is 2. The molecule has 0 saturated carbocycles. The van der Waals surface area contributed by atoms with Crippen LogP contribution in [0.4, 0.5) is 4.39 Å². The Balaban J connectivity index is 1.59. The lowest BCUT2D eigenvalue weighted by Gasteiger charge is -2.27. The first-order chi connectivity index (χ1) is 14.4. The van der Waals surface area contributed by atoms with Crippen LogP contribution in [0.1, 0.15) is 28.4 Å². The van der Waals surface area contributed by atoms with Crippen LogP contribution in [0.25, 0.3) is 0 Å². The van der Waals surface area contributed by atoms with Crippen molar-refractivity contribution in [2.24, 2.45) is 0 Å². The van der Waals surface area contributed by atoms with Crippen LogP contribution in [0.5, 0.6) is 0 Å². The molecule has 2 aliphatic heterocycles. The molecule has 1 N–H and O–H groups in total. The molecule has 6 nitrogen and oxygen atoms in total. The number of carbonyl (C=O) groups excluding carboxylic acids is 1. The molecular formula is C20H20ClFN2O4S2. The number of hydrogen-bond acceptors (Lipinski definition) is 5. The second-order valence-corrected chi connectivity index (χ2v) is 10.5. The number of sulfonamides is 1. The molecule has 1 amide bonds. The molecule has 2 heterocycles. The van der Waals surface area contributed by atoms with E-state index in [1.807, 2.05) is 12.1 Å². The number of carbonyl (C=O) groups is 1. The summed E-state index contributed by atoms with van der Waals surface area (Å²) in [6, 6.07) is 8.71. The van der Waals surface area contributed by atoms with Gasteiger partial charge in [-0.05, 0) is 48.4 Å². The molecule has 4 rings (SSSR count). The van der Waals surface area contributed by atoms with E-state index in [2.05, 4.69) is 5.32 Å². The van der Waals surface area contributed by atoms with E-state index in [1.165, 1.54) is 10.4 Å². The van der Waals surface area contributed by atoms with E-state index in [4.69, 9.17) is 16.3 Å². The third kappa shape index (κ3) is 4.36. The number of nitrogens with one attached hydrogen (secondary N) is 1. The van der Waals surface area contributed by atoms with E-state index in [0.717, 1.165) is 28.3 Å². The van der Waals surface area contributed by atoms with Gasteiger partial charge in [0, 0.05) is 34.3 Å². The summed E-state index contributed by atoms with van der Waals surface area (Å²) in [6.45, 7) is 0.802. The lowest BCUT2D eigenvalue weighted by molar-refractivity contribution is 0.0729. The summed E-state index contributed by atoms with van der Waals surface area (Å²) in [5.74, 6) is -0.514. The summed E-state index contributed by atoms with van der Waals surface area (Å²) in [7, 11) is -4.06.